The summed E-state index contributed by atoms with van der Waals surface area (Å²) in [7, 11) is 1.79. The summed E-state index contributed by atoms with van der Waals surface area (Å²) in [5.41, 5.74) is 3.79. The van der Waals surface area contributed by atoms with E-state index >= 15 is 0 Å². The molecule has 1 aliphatic rings. The van der Waals surface area contributed by atoms with Gasteiger partial charge < -0.3 is 20.7 Å². The van der Waals surface area contributed by atoms with Gasteiger partial charge in [0.25, 0.3) is 0 Å². The Balaban J connectivity index is 1.51. The predicted molar refractivity (Wildman–Crippen MR) is 99.5 cm³/mol. The summed E-state index contributed by atoms with van der Waals surface area (Å²) in [6.45, 7) is 3.74. The van der Waals surface area contributed by atoms with Gasteiger partial charge in [-0.05, 0) is 37.8 Å². The van der Waals surface area contributed by atoms with E-state index < -0.39 is 0 Å². The van der Waals surface area contributed by atoms with Crippen LogP contribution in [0.15, 0.2) is 29.3 Å². The number of rotatable bonds is 5. The summed E-state index contributed by atoms with van der Waals surface area (Å²) in [6.07, 6.45) is 3.93. The van der Waals surface area contributed by atoms with Crippen molar-refractivity contribution in [2.24, 2.45) is 10.9 Å². The van der Waals surface area contributed by atoms with Crippen LogP contribution in [0.4, 0.5) is 0 Å². The minimum absolute atomic E-state index is 0.163. The summed E-state index contributed by atoms with van der Waals surface area (Å²) in [5.74, 6) is 1.16. The molecule has 1 fully saturated rings. The maximum atomic E-state index is 9.90. The van der Waals surface area contributed by atoms with Crippen molar-refractivity contribution in [3.63, 3.8) is 0 Å². The summed E-state index contributed by atoms with van der Waals surface area (Å²) >= 11 is 0. The van der Waals surface area contributed by atoms with Gasteiger partial charge in [-0.25, -0.2) is 0 Å². The first-order valence-electron chi connectivity index (χ1n) is 8.88. The van der Waals surface area contributed by atoms with Gasteiger partial charge in [0, 0.05) is 42.7 Å². The van der Waals surface area contributed by atoms with E-state index in [2.05, 4.69) is 51.8 Å². The lowest BCUT2D eigenvalue weighted by atomic mass is 10.1. The van der Waals surface area contributed by atoms with Crippen molar-refractivity contribution in [3.05, 3.63) is 35.5 Å². The second kappa shape index (κ2) is 7.71. The third-order valence-corrected chi connectivity index (χ3v) is 5.07. The molecule has 3 rings (SSSR count). The Kier molecular flexibility index (Phi) is 5.41. The number of aliphatic hydroxyl groups is 1. The molecule has 2 aromatic rings. The lowest BCUT2D eigenvalue weighted by Gasteiger charge is -2.17. The van der Waals surface area contributed by atoms with Crippen molar-refractivity contribution in [2.75, 3.05) is 20.1 Å². The van der Waals surface area contributed by atoms with Crippen LogP contribution in [-0.2, 0) is 6.42 Å². The monoisotopic (exact) mass is 328 g/mol. The Bertz CT molecular complexity index is 706. The van der Waals surface area contributed by atoms with Gasteiger partial charge in [-0.2, -0.15) is 0 Å². The van der Waals surface area contributed by atoms with Gasteiger partial charge in [-0.1, -0.05) is 24.6 Å². The Morgan fingerprint density at radius 3 is 2.88 bits per heavy atom. The Hall–Kier alpha value is -2.01. The minimum Gasteiger partial charge on any atom is -0.393 e. The fourth-order valence-electron chi connectivity index (χ4n) is 3.67. The average Bonchev–Trinajstić information content (AvgIpc) is 3.13. The van der Waals surface area contributed by atoms with Gasteiger partial charge in [0.1, 0.15) is 0 Å². The highest BCUT2D eigenvalue weighted by molar-refractivity contribution is 5.84. The van der Waals surface area contributed by atoms with Crippen molar-refractivity contribution >= 4 is 16.9 Å². The Labute approximate surface area is 143 Å². The number of nitrogens with zero attached hydrogens (tertiary/aromatic N) is 1. The molecule has 5 nitrogen and oxygen atoms in total. The number of aryl methyl sites for hydroxylation is 1. The van der Waals surface area contributed by atoms with Crippen LogP contribution in [0.5, 0.6) is 0 Å². The molecule has 0 bridgehead atoms. The molecule has 1 saturated carbocycles. The smallest absolute Gasteiger partial charge is 0.190 e. The number of hydrogen-bond donors (Lipinski definition) is 4. The molecular weight excluding hydrogens is 300 g/mol. The summed E-state index contributed by atoms with van der Waals surface area (Å²) in [4.78, 5) is 7.73. The average molecular weight is 328 g/mol. The number of nitrogens with one attached hydrogen (secondary N) is 3. The normalized spacial score (nSPS) is 21.4. The van der Waals surface area contributed by atoms with Gasteiger partial charge in [-0.3, -0.25) is 4.99 Å². The van der Waals surface area contributed by atoms with Crippen molar-refractivity contribution < 1.29 is 5.11 Å². The topological polar surface area (TPSA) is 72.4 Å². The SMILES string of the molecule is CN=C(NCCc1c(C)[nH]c2ccccc12)NCC1CCCC1O. The molecule has 130 valence electrons. The molecule has 0 radical (unpaired) electrons. The van der Waals surface area contributed by atoms with Gasteiger partial charge in [0.05, 0.1) is 6.10 Å². The minimum atomic E-state index is -0.163. The van der Waals surface area contributed by atoms with E-state index in [0.717, 1.165) is 44.7 Å². The van der Waals surface area contributed by atoms with Crippen molar-refractivity contribution in [2.45, 2.75) is 38.7 Å². The van der Waals surface area contributed by atoms with Crippen LogP contribution >= 0.6 is 0 Å². The highest BCUT2D eigenvalue weighted by atomic mass is 16.3. The number of aliphatic imine (C=N–C) groups is 1. The molecule has 0 aliphatic heterocycles. The second-order valence-corrected chi connectivity index (χ2v) is 6.66. The molecular formula is C19H28N4O. The first kappa shape index (κ1) is 16.8. The van der Waals surface area contributed by atoms with Gasteiger partial charge in [-0.15, -0.1) is 0 Å². The molecule has 1 heterocycles. The van der Waals surface area contributed by atoms with E-state index in [9.17, 15) is 5.11 Å². The zero-order valence-electron chi connectivity index (χ0n) is 14.6. The molecule has 5 heteroatoms. The maximum Gasteiger partial charge on any atom is 0.190 e. The Morgan fingerprint density at radius 2 is 2.12 bits per heavy atom. The standard InChI is InChI=1S/C19H28N4O/c1-13-15(16-7-3-4-8-17(16)23-13)10-11-21-19(20-2)22-12-14-6-5-9-18(14)24/h3-4,7-8,14,18,23-24H,5-6,9-12H2,1-2H3,(H2,20,21,22). The molecule has 0 amide bonds. The van der Waals surface area contributed by atoms with E-state index in [1.54, 1.807) is 7.05 Å². The predicted octanol–water partition coefficient (Wildman–Crippen LogP) is 2.34. The molecule has 1 aliphatic carbocycles. The highest BCUT2D eigenvalue weighted by Crippen LogP contribution is 2.24. The molecule has 1 aromatic carbocycles. The number of aromatic amines is 1. The third kappa shape index (κ3) is 3.73. The van der Waals surface area contributed by atoms with E-state index in [0.29, 0.717) is 5.92 Å². The molecule has 2 atom stereocenters. The van der Waals surface area contributed by atoms with E-state index in [-0.39, 0.29) is 6.10 Å². The number of benzene rings is 1. The lowest BCUT2D eigenvalue weighted by Crippen LogP contribution is -2.41. The van der Waals surface area contributed by atoms with Crippen molar-refractivity contribution in [1.29, 1.82) is 0 Å². The van der Waals surface area contributed by atoms with Gasteiger partial charge in [0.15, 0.2) is 5.96 Å². The second-order valence-electron chi connectivity index (χ2n) is 6.66. The van der Waals surface area contributed by atoms with Gasteiger partial charge >= 0.3 is 0 Å². The summed E-state index contributed by atoms with van der Waals surface area (Å²) in [6, 6.07) is 8.43. The van der Waals surface area contributed by atoms with Crippen LogP contribution in [0, 0.1) is 12.8 Å². The van der Waals surface area contributed by atoms with Crippen LogP contribution in [0.2, 0.25) is 0 Å². The number of guanidine groups is 1. The maximum absolute atomic E-state index is 9.90. The first-order valence-corrected chi connectivity index (χ1v) is 8.88. The zero-order chi connectivity index (χ0) is 16.9. The van der Waals surface area contributed by atoms with E-state index in [1.165, 1.54) is 22.2 Å². The van der Waals surface area contributed by atoms with Crippen LogP contribution in [-0.4, -0.2) is 42.3 Å². The number of fused-ring (bicyclic) bond motifs is 1. The number of aliphatic hydroxyl groups excluding tert-OH is 1. The third-order valence-electron chi connectivity index (χ3n) is 5.07. The number of hydrogen-bond acceptors (Lipinski definition) is 2. The molecule has 24 heavy (non-hydrogen) atoms. The van der Waals surface area contributed by atoms with Crippen LogP contribution < -0.4 is 10.6 Å². The molecule has 1 aromatic heterocycles. The largest absolute Gasteiger partial charge is 0.393 e. The summed E-state index contributed by atoms with van der Waals surface area (Å²) in [5, 5.41) is 17.9. The Morgan fingerprint density at radius 1 is 1.29 bits per heavy atom. The lowest BCUT2D eigenvalue weighted by molar-refractivity contribution is 0.134. The van der Waals surface area contributed by atoms with E-state index in [1.807, 2.05) is 0 Å². The van der Waals surface area contributed by atoms with Crippen LogP contribution in [0.1, 0.15) is 30.5 Å². The number of aromatic nitrogens is 1. The fourth-order valence-corrected chi connectivity index (χ4v) is 3.67. The number of para-hydroxylation sites is 1. The molecule has 0 saturated heterocycles. The molecule has 0 spiro atoms. The fraction of sp³-hybridized carbons (Fsp3) is 0.526. The molecule has 4 N–H and O–H groups in total. The first-order chi connectivity index (χ1) is 11.7. The van der Waals surface area contributed by atoms with Crippen LogP contribution in [0.25, 0.3) is 10.9 Å². The quantitative estimate of drug-likeness (QED) is 0.503. The van der Waals surface area contributed by atoms with Crippen molar-refractivity contribution in [3.8, 4) is 0 Å². The highest BCUT2D eigenvalue weighted by Gasteiger charge is 2.24. The zero-order valence-corrected chi connectivity index (χ0v) is 14.6. The molecule has 2 unspecified atom stereocenters. The van der Waals surface area contributed by atoms with Crippen LogP contribution in [0.3, 0.4) is 0 Å². The van der Waals surface area contributed by atoms with E-state index in [4.69, 9.17) is 0 Å². The summed E-state index contributed by atoms with van der Waals surface area (Å²) < 4.78 is 0. The van der Waals surface area contributed by atoms with Crippen molar-refractivity contribution in [1.82, 2.24) is 15.6 Å². The van der Waals surface area contributed by atoms with Gasteiger partial charge in [0.2, 0.25) is 0 Å². The number of H-pyrrole nitrogens is 1.